The van der Waals surface area contributed by atoms with Crippen LogP contribution in [0.2, 0.25) is 0 Å². The number of aromatic nitrogens is 1. The number of anilines is 2. The van der Waals surface area contributed by atoms with Crippen molar-refractivity contribution in [3.8, 4) is 0 Å². The number of hydrogen-bond acceptors (Lipinski definition) is 7. The minimum Gasteiger partial charge on any atom is -0.422 e. The van der Waals surface area contributed by atoms with Crippen LogP contribution < -0.4 is 10.3 Å². The van der Waals surface area contributed by atoms with Crippen molar-refractivity contribution in [3.63, 3.8) is 0 Å². The van der Waals surface area contributed by atoms with Crippen molar-refractivity contribution in [1.29, 1.82) is 0 Å². The number of nitrogens with one attached hydrogen (secondary N) is 1. The second-order valence-electron chi connectivity index (χ2n) is 5.13. The Kier molecular flexibility index (Phi) is 3.95. The first-order valence-corrected chi connectivity index (χ1v) is 8.27. The summed E-state index contributed by atoms with van der Waals surface area (Å²) in [6.45, 7) is 3.47. The van der Waals surface area contributed by atoms with Crippen LogP contribution in [0.4, 0.5) is 11.0 Å². The number of morpholine rings is 1. The highest BCUT2D eigenvalue weighted by atomic mass is 32.1. The number of nitrogens with zero attached hydrogens (tertiary/aromatic N) is 3. The second kappa shape index (κ2) is 6.39. The third kappa shape index (κ3) is 3.20. The molecular formula is C16H16N4O2S. The Hall–Kier alpha value is -2.38. The molecule has 0 unspecified atom stereocenters. The first kappa shape index (κ1) is 14.2. The molecule has 3 aromatic rings. The Morgan fingerprint density at radius 1 is 1.17 bits per heavy atom. The molecule has 1 N–H and O–H groups in total. The molecule has 0 atom stereocenters. The Bertz CT molecular complexity index is 787. The molecule has 0 bridgehead atoms. The summed E-state index contributed by atoms with van der Waals surface area (Å²) in [4.78, 5) is 7.72. The van der Waals surface area contributed by atoms with Gasteiger partial charge in [0.2, 0.25) is 0 Å². The molecule has 118 valence electrons. The maximum absolute atomic E-state index is 5.55. The van der Waals surface area contributed by atoms with Crippen LogP contribution in [0.25, 0.3) is 11.1 Å². The smallest absolute Gasteiger partial charge is 0.316 e. The Morgan fingerprint density at radius 2 is 2.04 bits per heavy atom. The number of benzene rings is 1. The molecule has 0 aliphatic carbocycles. The minimum absolute atomic E-state index is 0.396. The van der Waals surface area contributed by atoms with Crippen LogP contribution in [0.5, 0.6) is 0 Å². The van der Waals surface area contributed by atoms with Crippen molar-refractivity contribution in [3.05, 3.63) is 41.3 Å². The number of ether oxygens (including phenoxy) is 1. The zero-order chi connectivity index (χ0) is 15.5. The topological polar surface area (TPSA) is 62.9 Å². The van der Waals surface area contributed by atoms with Crippen molar-refractivity contribution < 1.29 is 9.15 Å². The summed E-state index contributed by atoms with van der Waals surface area (Å²) in [5.41, 5.74) is 4.40. The molecule has 7 heteroatoms. The summed E-state index contributed by atoms with van der Waals surface area (Å²) >= 11 is 1.71. The van der Waals surface area contributed by atoms with Crippen molar-refractivity contribution in [2.75, 3.05) is 36.6 Å². The van der Waals surface area contributed by atoms with E-state index in [9.17, 15) is 0 Å². The van der Waals surface area contributed by atoms with Crippen LogP contribution in [-0.2, 0) is 4.74 Å². The molecule has 3 heterocycles. The Labute approximate surface area is 137 Å². The zero-order valence-corrected chi connectivity index (χ0v) is 13.3. The van der Waals surface area contributed by atoms with Crippen LogP contribution >= 0.6 is 11.3 Å². The lowest BCUT2D eigenvalue weighted by molar-refractivity contribution is 0.123. The van der Waals surface area contributed by atoms with Gasteiger partial charge in [0, 0.05) is 18.0 Å². The molecule has 23 heavy (non-hydrogen) atoms. The first-order chi connectivity index (χ1) is 11.4. The van der Waals surface area contributed by atoms with Gasteiger partial charge >= 0.3 is 6.01 Å². The van der Waals surface area contributed by atoms with Gasteiger partial charge in [0.05, 0.1) is 24.4 Å². The largest absolute Gasteiger partial charge is 0.422 e. The van der Waals surface area contributed by atoms with Gasteiger partial charge < -0.3 is 14.1 Å². The number of rotatable bonds is 4. The van der Waals surface area contributed by atoms with Crippen LogP contribution in [-0.4, -0.2) is 37.5 Å². The molecule has 0 amide bonds. The monoisotopic (exact) mass is 328 g/mol. The Morgan fingerprint density at radius 3 is 2.91 bits per heavy atom. The molecule has 6 nitrogen and oxygen atoms in total. The molecule has 1 saturated heterocycles. The van der Waals surface area contributed by atoms with E-state index in [1.165, 1.54) is 5.00 Å². The van der Waals surface area contributed by atoms with E-state index in [0.717, 1.165) is 42.3 Å². The van der Waals surface area contributed by atoms with Crippen LogP contribution in [0.3, 0.4) is 0 Å². The van der Waals surface area contributed by atoms with E-state index in [0.29, 0.717) is 6.01 Å². The standard InChI is InChI=1S/C16H16N4O2S/c1-2-4-14-13(3-1)18-16(22-14)19-17-11-12-5-6-15(23-12)20-7-9-21-10-8-20/h1-6,11H,7-10H2,(H,18,19). The number of hydrazone groups is 1. The molecule has 1 aliphatic rings. The summed E-state index contributed by atoms with van der Waals surface area (Å²) in [5.74, 6) is 0. The predicted octanol–water partition coefficient (Wildman–Crippen LogP) is 3.17. The van der Waals surface area contributed by atoms with Gasteiger partial charge in [-0.15, -0.1) is 11.3 Å². The molecule has 0 spiro atoms. The van der Waals surface area contributed by atoms with E-state index in [4.69, 9.17) is 9.15 Å². The normalized spacial score (nSPS) is 15.6. The lowest BCUT2D eigenvalue weighted by atomic mass is 10.3. The maximum Gasteiger partial charge on any atom is 0.316 e. The number of para-hydroxylation sites is 2. The minimum atomic E-state index is 0.396. The van der Waals surface area contributed by atoms with E-state index >= 15 is 0 Å². The van der Waals surface area contributed by atoms with E-state index in [1.54, 1.807) is 17.6 Å². The van der Waals surface area contributed by atoms with Crippen LogP contribution in [0.15, 0.2) is 45.9 Å². The van der Waals surface area contributed by atoms with Gasteiger partial charge in [-0.25, -0.2) is 5.43 Å². The second-order valence-corrected chi connectivity index (χ2v) is 6.23. The van der Waals surface area contributed by atoms with Crippen LogP contribution in [0.1, 0.15) is 4.88 Å². The highest BCUT2D eigenvalue weighted by Crippen LogP contribution is 2.25. The molecular weight excluding hydrogens is 312 g/mol. The lowest BCUT2D eigenvalue weighted by Crippen LogP contribution is -2.35. The van der Waals surface area contributed by atoms with Gasteiger partial charge in [0.25, 0.3) is 0 Å². The van der Waals surface area contributed by atoms with Gasteiger partial charge in [-0.05, 0) is 24.3 Å². The molecule has 1 aliphatic heterocycles. The molecule has 1 fully saturated rings. The number of fused-ring (bicyclic) bond motifs is 1. The zero-order valence-electron chi connectivity index (χ0n) is 12.4. The fourth-order valence-electron chi connectivity index (χ4n) is 2.44. The molecule has 0 saturated carbocycles. The van der Waals surface area contributed by atoms with E-state index in [-0.39, 0.29) is 0 Å². The fraction of sp³-hybridized carbons (Fsp3) is 0.250. The van der Waals surface area contributed by atoms with E-state index < -0.39 is 0 Å². The van der Waals surface area contributed by atoms with Crippen molar-refractivity contribution in [1.82, 2.24) is 4.98 Å². The van der Waals surface area contributed by atoms with Crippen molar-refractivity contribution >= 4 is 39.7 Å². The molecule has 0 radical (unpaired) electrons. The predicted molar refractivity (Wildman–Crippen MR) is 92.6 cm³/mol. The van der Waals surface area contributed by atoms with Crippen molar-refractivity contribution in [2.45, 2.75) is 0 Å². The molecule has 2 aromatic heterocycles. The van der Waals surface area contributed by atoms with Gasteiger partial charge in [0.1, 0.15) is 5.52 Å². The van der Waals surface area contributed by atoms with Gasteiger partial charge in [-0.3, -0.25) is 0 Å². The molecule has 4 rings (SSSR count). The number of thiophene rings is 1. The number of oxazole rings is 1. The maximum atomic E-state index is 5.55. The summed E-state index contributed by atoms with van der Waals surface area (Å²) in [7, 11) is 0. The van der Waals surface area contributed by atoms with Gasteiger partial charge in [0.15, 0.2) is 5.58 Å². The summed E-state index contributed by atoms with van der Waals surface area (Å²) in [6, 6.07) is 12.2. The molecule has 1 aromatic carbocycles. The Balaban J connectivity index is 1.41. The lowest BCUT2D eigenvalue weighted by Gasteiger charge is -2.27. The highest BCUT2D eigenvalue weighted by Gasteiger charge is 2.12. The fourth-order valence-corrected chi connectivity index (χ4v) is 3.37. The average molecular weight is 328 g/mol. The van der Waals surface area contributed by atoms with Gasteiger partial charge in [-0.2, -0.15) is 10.1 Å². The summed E-state index contributed by atoms with van der Waals surface area (Å²) in [6.07, 6.45) is 1.78. The van der Waals surface area contributed by atoms with Crippen molar-refractivity contribution in [2.24, 2.45) is 5.10 Å². The number of hydrogen-bond donors (Lipinski definition) is 1. The summed E-state index contributed by atoms with van der Waals surface area (Å²) in [5, 5.41) is 5.45. The van der Waals surface area contributed by atoms with Gasteiger partial charge in [-0.1, -0.05) is 12.1 Å². The quantitative estimate of drug-likeness (QED) is 0.589. The van der Waals surface area contributed by atoms with E-state index in [2.05, 4.69) is 32.5 Å². The average Bonchev–Trinajstić information content (AvgIpc) is 3.22. The highest BCUT2D eigenvalue weighted by molar-refractivity contribution is 7.17. The van der Waals surface area contributed by atoms with E-state index in [1.807, 2.05) is 24.3 Å². The third-order valence-electron chi connectivity index (χ3n) is 3.58. The van der Waals surface area contributed by atoms with Crippen LogP contribution in [0, 0.1) is 0 Å². The summed E-state index contributed by atoms with van der Waals surface area (Å²) < 4.78 is 10.9. The SMILES string of the molecule is C(=NNc1nc2ccccc2o1)c1ccc(N2CCOCC2)s1. The third-order valence-corrected chi connectivity index (χ3v) is 4.66. The first-order valence-electron chi connectivity index (χ1n) is 7.46.